The van der Waals surface area contributed by atoms with Crippen molar-refractivity contribution in [1.82, 2.24) is 14.4 Å². The Hall–Kier alpha value is -3.19. The first kappa shape index (κ1) is 17.2. The summed E-state index contributed by atoms with van der Waals surface area (Å²) in [6, 6.07) is 11.1. The second kappa shape index (κ2) is 7.20. The molecule has 4 rings (SSSR count). The number of thiazole rings is 1. The Morgan fingerprint density at radius 1 is 1.22 bits per heavy atom. The van der Waals surface area contributed by atoms with Crippen LogP contribution in [0.2, 0.25) is 0 Å². The molecule has 7 heteroatoms. The second-order valence-corrected chi connectivity index (χ2v) is 7.49. The molecule has 1 aromatic carbocycles. The maximum atomic E-state index is 12.4. The van der Waals surface area contributed by atoms with Crippen LogP contribution in [0.3, 0.4) is 0 Å². The number of rotatable bonds is 5. The van der Waals surface area contributed by atoms with E-state index in [0.29, 0.717) is 23.1 Å². The molecule has 136 valence electrons. The van der Waals surface area contributed by atoms with E-state index in [0.717, 1.165) is 16.2 Å². The molecule has 1 N–H and O–H groups in total. The molecule has 0 unspecified atom stereocenters. The van der Waals surface area contributed by atoms with E-state index in [1.54, 1.807) is 24.4 Å². The van der Waals surface area contributed by atoms with Crippen LogP contribution in [0.5, 0.6) is 5.75 Å². The minimum atomic E-state index is -0.210. The van der Waals surface area contributed by atoms with Gasteiger partial charge >= 0.3 is 0 Å². The van der Waals surface area contributed by atoms with Crippen molar-refractivity contribution in [1.29, 1.82) is 0 Å². The fraction of sp³-hybridized carbons (Fsp3) is 0.150. The first-order valence-electron chi connectivity index (χ1n) is 8.48. The first-order chi connectivity index (χ1) is 13.1. The van der Waals surface area contributed by atoms with Gasteiger partial charge in [-0.25, -0.2) is 9.97 Å². The molecule has 6 nitrogen and oxygen atoms in total. The zero-order valence-electron chi connectivity index (χ0n) is 15.0. The zero-order chi connectivity index (χ0) is 18.8. The number of imidazole rings is 1. The van der Waals surface area contributed by atoms with Gasteiger partial charge in [0.1, 0.15) is 18.0 Å². The maximum Gasteiger partial charge on any atom is 0.257 e. The van der Waals surface area contributed by atoms with Crippen LogP contribution in [0.15, 0.2) is 55.0 Å². The van der Waals surface area contributed by atoms with Crippen molar-refractivity contribution >= 4 is 28.0 Å². The van der Waals surface area contributed by atoms with Gasteiger partial charge in [-0.05, 0) is 43.7 Å². The van der Waals surface area contributed by atoms with Crippen LogP contribution in [0, 0.1) is 13.8 Å². The number of carbonyl (C=O) groups is 1. The van der Waals surface area contributed by atoms with E-state index in [1.807, 2.05) is 48.8 Å². The van der Waals surface area contributed by atoms with Gasteiger partial charge in [0, 0.05) is 29.0 Å². The number of benzene rings is 1. The summed E-state index contributed by atoms with van der Waals surface area (Å²) in [5.74, 6) is 0.407. The Bertz CT molecular complexity index is 1120. The number of fused-ring (bicyclic) bond motifs is 1. The number of ether oxygens (including phenoxy) is 1. The molecule has 0 fully saturated rings. The molecule has 1 amide bonds. The highest BCUT2D eigenvalue weighted by molar-refractivity contribution is 7.15. The average molecular weight is 378 g/mol. The summed E-state index contributed by atoms with van der Waals surface area (Å²) in [5.41, 5.74) is 3.40. The Kier molecular flexibility index (Phi) is 4.60. The fourth-order valence-corrected chi connectivity index (χ4v) is 3.35. The summed E-state index contributed by atoms with van der Waals surface area (Å²) < 4.78 is 7.81. The van der Waals surface area contributed by atoms with Crippen LogP contribution < -0.4 is 10.1 Å². The lowest BCUT2D eigenvalue weighted by Crippen LogP contribution is -2.11. The van der Waals surface area contributed by atoms with E-state index in [1.165, 1.54) is 16.9 Å². The van der Waals surface area contributed by atoms with E-state index in [2.05, 4.69) is 15.3 Å². The lowest BCUT2D eigenvalue weighted by molar-refractivity contribution is 0.102. The highest BCUT2D eigenvalue weighted by Crippen LogP contribution is 2.20. The number of hydrogen-bond donors (Lipinski definition) is 1. The lowest BCUT2D eigenvalue weighted by atomic mass is 10.2. The largest absolute Gasteiger partial charge is 0.487 e. The van der Waals surface area contributed by atoms with Gasteiger partial charge in [0.25, 0.3) is 5.91 Å². The molecular weight excluding hydrogens is 360 g/mol. The SMILES string of the molecule is Cc1ccc2nc(COc3cccc(C(=O)Nc4ncc(C)s4)c3)cn2c1. The molecule has 3 aromatic heterocycles. The predicted octanol–water partition coefficient (Wildman–Crippen LogP) is 4.24. The molecule has 0 radical (unpaired) electrons. The van der Waals surface area contributed by atoms with Gasteiger partial charge in [-0.2, -0.15) is 0 Å². The van der Waals surface area contributed by atoms with E-state index >= 15 is 0 Å². The summed E-state index contributed by atoms with van der Waals surface area (Å²) in [6.45, 7) is 4.32. The molecule has 0 saturated carbocycles. The fourth-order valence-electron chi connectivity index (χ4n) is 2.69. The number of amides is 1. The summed E-state index contributed by atoms with van der Waals surface area (Å²) >= 11 is 1.44. The van der Waals surface area contributed by atoms with Crippen molar-refractivity contribution in [2.75, 3.05) is 5.32 Å². The molecule has 0 aliphatic rings. The highest BCUT2D eigenvalue weighted by atomic mass is 32.1. The monoisotopic (exact) mass is 378 g/mol. The molecule has 3 heterocycles. The zero-order valence-corrected chi connectivity index (χ0v) is 15.8. The Morgan fingerprint density at radius 2 is 2.11 bits per heavy atom. The van der Waals surface area contributed by atoms with Crippen LogP contribution in [-0.2, 0) is 6.61 Å². The van der Waals surface area contributed by atoms with Gasteiger partial charge in [0.2, 0.25) is 0 Å². The number of aryl methyl sites for hydroxylation is 2. The van der Waals surface area contributed by atoms with E-state index in [-0.39, 0.29) is 5.91 Å². The van der Waals surface area contributed by atoms with E-state index in [4.69, 9.17) is 4.74 Å². The molecule has 0 aliphatic heterocycles. The third-order valence-corrected chi connectivity index (χ3v) is 4.80. The van der Waals surface area contributed by atoms with Crippen molar-refractivity contribution < 1.29 is 9.53 Å². The number of nitrogens with zero attached hydrogens (tertiary/aromatic N) is 3. The molecular formula is C20H18N4O2S. The highest BCUT2D eigenvalue weighted by Gasteiger charge is 2.10. The topological polar surface area (TPSA) is 68.5 Å². The molecule has 27 heavy (non-hydrogen) atoms. The normalized spacial score (nSPS) is 10.9. The smallest absolute Gasteiger partial charge is 0.257 e. The summed E-state index contributed by atoms with van der Waals surface area (Å²) in [5, 5.41) is 3.39. The van der Waals surface area contributed by atoms with Gasteiger partial charge in [0.05, 0.1) is 5.69 Å². The lowest BCUT2D eigenvalue weighted by Gasteiger charge is -2.06. The van der Waals surface area contributed by atoms with Gasteiger partial charge in [-0.15, -0.1) is 11.3 Å². The number of aromatic nitrogens is 3. The van der Waals surface area contributed by atoms with Crippen molar-refractivity contribution in [2.45, 2.75) is 20.5 Å². The quantitative estimate of drug-likeness (QED) is 0.564. The summed E-state index contributed by atoms with van der Waals surface area (Å²) in [4.78, 5) is 22.1. The number of hydrogen-bond acceptors (Lipinski definition) is 5. The number of nitrogens with one attached hydrogen (secondary N) is 1. The molecule has 0 spiro atoms. The average Bonchev–Trinajstić information content (AvgIpc) is 3.25. The van der Waals surface area contributed by atoms with E-state index in [9.17, 15) is 4.79 Å². The minimum absolute atomic E-state index is 0.210. The number of carbonyl (C=O) groups excluding carboxylic acids is 1. The third-order valence-electron chi connectivity index (χ3n) is 3.97. The van der Waals surface area contributed by atoms with Crippen molar-refractivity contribution in [2.24, 2.45) is 0 Å². The summed E-state index contributed by atoms with van der Waals surface area (Å²) in [7, 11) is 0. The van der Waals surface area contributed by atoms with Crippen LogP contribution >= 0.6 is 11.3 Å². The van der Waals surface area contributed by atoms with Crippen molar-refractivity contribution in [3.8, 4) is 5.75 Å². The Balaban J connectivity index is 1.44. The number of anilines is 1. The van der Waals surface area contributed by atoms with Crippen molar-refractivity contribution in [3.63, 3.8) is 0 Å². The minimum Gasteiger partial charge on any atom is -0.487 e. The molecule has 0 bridgehead atoms. The van der Waals surface area contributed by atoms with E-state index < -0.39 is 0 Å². The second-order valence-electron chi connectivity index (χ2n) is 6.25. The van der Waals surface area contributed by atoms with Crippen molar-refractivity contribution in [3.05, 3.63) is 76.7 Å². The molecule has 0 aliphatic carbocycles. The van der Waals surface area contributed by atoms with Gasteiger partial charge in [0.15, 0.2) is 5.13 Å². The van der Waals surface area contributed by atoms with Gasteiger partial charge < -0.3 is 9.14 Å². The van der Waals surface area contributed by atoms with Gasteiger partial charge in [-0.1, -0.05) is 12.1 Å². The Labute approximate surface area is 160 Å². The summed E-state index contributed by atoms with van der Waals surface area (Å²) in [6.07, 6.45) is 5.71. The third kappa shape index (κ3) is 3.98. The van der Waals surface area contributed by atoms with Crippen LogP contribution in [0.25, 0.3) is 5.65 Å². The molecule has 4 aromatic rings. The molecule has 0 atom stereocenters. The van der Waals surface area contributed by atoms with Crippen LogP contribution in [-0.4, -0.2) is 20.3 Å². The maximum absolute atomic E-state index is 12.4. The first-order valence-corrected chi connectivity index (χ1v) is 9.29. The number of pyridine rings is 1. The van der Waals surface area contributed by atoms with Crippen LogP contribution in [0.4, 0.5) is 5.13 Å². The standard InChI is InChI=1S/C20H18N4O2S/c1-13-6-7-18-22-16(11-24(18)10-13)12-26-17-5-3-4-15(8-17)19(25)23-20-21-9-14(2)27-20/h3-11H,12H2,1-2H3,(H,21,23,25). The van der Waals surface area contributed by atoms with Crippen LogP contribution in [0.1, 0.15) is 26.5 Å². The predicted molar refractivity (Wildman–Crippen MR) is 106 cm³/mol. The van der Waals surface area contributed by atoms with Gasteiger partial charge in [-0.3, -0.25) is 10.1 Å². The Morgan fingerprint density at radius 3 is 2.93 bits per heavy atom. The molecule has 0 saturated heterocycles.